The molecule has 2 aliphatic carbocycles. The minimum atomic E-state index is 0.350. The standard InChI is InChI=1S/C46H39N7/c1-47-25-42-34-9-5-3-7-32(34)36-15-11-28(21-40(36)42)19-30-13-17-38-39-18-14-31(24-45(39)53(44(38)23-30)46-51-49-27-50-52-46)20-29-12-16-37-33-8-4-6-10-35(33)43(26-48-2)41(37)22-29/h3-18,21-24,27,42-43,47-48H,19-20,25-26H2,1-2H3. The minimum absolute atomic E-state index is 0.350. The zero-order valence-corrected chi connectivity index (χ0v) is 29.8. The maximum absolute atomic E-state index is 4.45. The molecule has 2 aliphatic rings. The van der Waals surface area contributed by atoms with Crippen LogP contribution in [0.2, 0.25) is 0 Å². The number of nitrogens with one attached hydrogen (secondary N) is 2. The van der Waals surface area contributed by atoms with Crippen LogP contribution in [0.4, 0.5) is 0 Å². The van der Waals surface area contributed by atoms with Gasteiger partial charge < -0.3 is 10.6 Å². The summed E-state index contributed by atoms with van der Waals surface area (Å²) in [6, 6.07) is 45.3. The minimum Gasteiger partial charge on any atom is -0.319 e. The van der Waals surface area contributed by atoms with E-state index in [0.717, 1.165) is 47.7 Å². The SMILES string of the molecule is CNCC1c2ccccc2-c2ccc(Cc3ccc4c5ccc(Cc6ccc7c(c6)C(CNC)c6ccccc6-7)cc5n(-c5nncnn5)c4c3)cc21. The molecule has 8 aromatic rings. The van der Waals surface area contributed by atoms with E-state index in [2.05, 4.69) is 157 Å². The van der Waals surface area contributed by atoms with Gasteiger partial charge in [0, 0.05) is 35.7 Å². The second-order valence-corrected chi connectivity index (χ2v) is 14.5. The molecule has 2 N–H and O–H groups in total. The molecule has 2 aromatic heterocycles. The first kappa shape index (κ1) is 31.7. The van der Waals surface area contributed by atoms with E-state index in [1.165, 1.54) is 73.1 Å². The Balaban J connectivity index is 1.02. The average Bonchev–Trinajstić information content (AvgIpc) is 3.80. The van der Waals surface area contributed by atoms with Gasteiger partial charge in [0.1, 0.15) is 0 Å². The maximum Gasteiger partial charge on any atom is 0.273 e. The van der Waals surface area contributed by atoms with Gasteiger partial charge in [-0.15, -0.1) is 20.4 Å². The van der Waals surface area contributed by atoms with Crippen LogP contribution in [0.5, 0.6) is 0 Å². The second kappa shape index (κ2) is 12.9. The molecule has 0 amide bonds. The molecule has 0 aliphatic heterocycles. The summed E-state index contributed by atoms with van der Waals surface area (Å²) in [5, 5.41) is 26.3. The molecule has 2 atom stereocenters. The fourth-order valence-corrected chi connectivity index (χ4v) is 9.09. The van der Waals surface area contributed by atoms with Crippen molar-refractivity contribution in [2.45, 2.75) is 24.7 Å². The summed E-state index contributed by atoms with van der Waals surface area (Å²) in [5.74, 6) is 1.17. The molecular formula is C46H39N7. The molecule has 6 aromatic carbocycles. The van der Waals surface area contributed by atoms with Gasteiger partial charge in [0.15, 0.2) is 6.33 Å². The van der Waals surface area contributed by atoms with Crippen LogP contribution in [0.1, 0.15) is 56.3 Å². The van der Waals surface area contributed by atoms with E-state index in [1.807, 2.05) is 14.1 Å². The average molecular weight is 690 g/mol. The number of hydrogen-bond donors (Lipinski definition) is 2. The predicted molar refractivity (Wildman–Crippen MR) is 213 cm³/mol. The molecule has 0 saturated carbocycles. The van der Waals surface area contributed by atoms with Gasteiger partial charge in [-0.25, -0.2) is 0 Å². The first-order chi connectivity index (χ1) is 26.2. The molecule has 53 heavy (non-hydrogen) atoms. The van der Waals surface area contributed by atoms with Crippen LogP contribution in [0.15, 0.2) is 128 Å². The van der Waals surface area contributed by atoms with Gasteiger partial charge in [0.25, 0.3) is 5.95 Å². The summed E-state index contributed by atoms with van der Waals surface area (Å²) < 4.78 is 2.13. The van der Waals surface area contributed by atoms with Gasteiger partial charge in [0.2, 0.25) is 0 Å². The highest BCUT2D eigenvalue weighted by atomic mass is 15.3. The Bertz CT molecular complexity index is 2510. The van der Waals surface area contributed by atoms with Gasteiger partial charge in [0.05, 0.1) is 11.0 Å². The number of fused-ring (bicyclic) bond motifs is 9. The van der Waals surface area contributed by atoms with Crippen molar-refractivity contribution in [2.75, 3.05) is 27.2 Å². The molecule has 0 bridgehead atoms. The molecule has 0 fully saturated rings. The van der Waals surface area contributed by atoms with Gasteiger partial charge in [-0.05, 0) is 106 Å². The molecular weight excluding hydrogens is 651 g/mol. The molecule has 2 unspecified atom stereocenters. The number of benzene rings is 6. The Labute approximate surface area is 308 Å². The molecule has 0 radical (unpaired) electrons. The predicted octanol–water partition coefficient (Wildman–Crippen LogP) is 8.21. The number of aromatic nitrogens is 5. The first-order valence-corrected chi connectivity index (χ1v) is 18.5. The van der Waals surface area contributed by atoms with E-state index in [1.54, 1.807) is 0 Å². The lowest BCUT2D eigenvalue weighted by Gasteiger charge is -2.14. The summed E-state index contributed by atoms with van der Waals surface area (Å²) in [5.41, 5.74) is 18.2. The lowest BCUT2D eigenvalue weighted by molar-refractivity contribution is 0.719. The third-order valence-electron chi connectivity index (χ3n) is 11.4. The van der Waals surface area contributed by atoms with Crippen molar-refractivity contribution < 1.29 is 0 Å². The van der Waals surface area contributed by atoms with Crippen molar-refractivity contribution >= 4 is 21.8 Å². The molecule has 7 heteroatoms. The van der Waals surface area contributed by atoms with Gasteiger partial charge in [-0.3, -0.25) is 4.57 Å². The van der Waals surface area contributed by atoms with Crippen LogP contribution in [0.3, 0.4) is 0 Å². The van der Waals surface area contributed by atoms with E-state index in [-0.39, 0.29) is 0 Å². The van der Waals surface area contributed by atoms with Gasteiger partial charge >= 0.3 is 0 Å². The van der Waals surface area contributed by atoms with E-state index < -0.39 is 0 Å². The Morgan fingerprint density at radius 2 is 0.925 bits per heavy atom. The normalized spacial score (nSPS) is 15.4. The van der Waals surface area contributed by atoms with Gasteiger partial charge in [-0.2, -0.15) is 0 Å². The quantitative estimate of drug-likeness (QED) is 0.159. The maximum atomic E-state index is 4.45. The molecule has 7 nitrogen and oxygen atoms in total. The third-order valence-corrected chi connectivity index (χ3v) is 11.4. The largest absolute Gasteiger partial charge is 0.319 e. The summed E-state index contributed by atoms with van der Waals surface area (Å²) in [6.07, 6.45) is 3.03. The van der Waals surface area contributed by atoms with Gasteiger partial charge in [-0.1, -0.05) is 109 Å². The Morgan fingerprint density at radius 1 is 0.491 bits per heavy atom. The summed E-state index contributed by atoms with van der Waals surface area (Å²) in [4.78, 5) is 0. The van der Waals surface area contributed by atoms with Crippen LogP contribution in [-0.4, -0.2) is 52.1 Å². The van der Waals surface area contributed by atoms with Crippen molar-refractivity contribution in [3.05, 3.63) is 172 Å². The lowest BCUT2D eigenvalue weighted by Crippen LogP contribution is -2.16. The van der Waals surface area contributed by atoms with E-state index in [0.29, 0.717) is 17.8 Å². The van der Waals surface area contributed by atoms with Crippen molar-refractivity contribution in [1.29, 1.82) is 0 Å². The summed E-state index contributed by atoms with van der Waals surface area (Å²) in [7, 11) is 4.08. The molecule has 10 rings (SSSR count). The van der Waals surface area contributed by atoms with Crippen LogP contribution < -0.4 is 10.6 Å². The first-order valence-electron chi connectivity index (χ1n) is 18.5. The monoisotopic (exact) mass is 689 g/mol. The van der Waals surface area contributed by atoms with E-state index in [4.69, 9.17) is 0 Å². The fourth-order valence-electron chi connectivity index (χ4n) is 9.09. The lowest BCUT2D eigenvalue weighted by atomic mass is 9.93. The Kier molecular flexibility index (Phi) is 7.70. The van der Waals surface area contributed by atoms with Crippen molar-refractivity contribution in [2.24, 2.45) is 0 Å². The van der Waals surface area contributed by atoms with Crippen molar-refractivity contribution in [3.8, 4) is 28.2 Å². The van der Waals surface area contributed by atoms with Crippen molar-refractivity contribution in [3.63, 3.8) is 0 Å². The molecule has 258 valence electrons. The molecule has 2 heterocycles. The zero-order chi connectivity index (χ0) is 35.5. The smallest absolute Gasteiger partial charge is 0.273 e. The van der Waals surface area contributed by atoms with Crippen LogP contribution in [0, 0.1) is 0 Å². The van der Waals surface area contributed by atoms with E-state index in [9.17, 15) is 0 Å². The summed E-state index contributed by atoms with van der Waals surface area (Å²) >= 11 is 0. The zero-order valence-electron chi connectivity index (χ0n) is 29.8. The number of hydrogen-bond acceptors (Lipinski definition) is 6. The summed E-state index contributed by atoms with van der Waals surface area (Å²) in [6.45, 7) is 1.83. The van der Waals surface area contributed by atoms with Crippen molar-refractivity contribution in [1.82, 2.24) is 35.6 Å². The highest BCUT2D eigenvalue weighted by Crippen LogP contribution is 2.46. The topological polar surface area (TPSA) is 80.5 Å². The van der Waals surface area contributed by atoms with Crippen LogP contribution in [0.25, 0.3) is 50.0 Å². The number of likely N-dealkylation sites (N-methyl/N-ethyl adjacent to an activating group) is 2. The number of nitrogens with zero attached hydrogens (tertiary/aromatic N) is 5. The van der Waals surface area contributed by atoms with Crippen LogP contribution in [-0.2, 0) is 12.8 Å². The van der Waals surface area contributed by atoms with E-state index >= 15 is 0 Å². The Morgan fingerprint density at radius 3 is 1.42 bits per heavy atom. The van der Waals surface area contributed by atoms with Crippen LogP contribution >= 0.6 is 0 Å². The highest BCUT2D eigenvalue weighted by molar-refractivity contribution is 6.09. The number of rotatable bonds is 9. The Hall–Kier alpha value is -6.02. The second-order valence-electron chi connectivity index (χ2n) is 14.5. The molecule has 0 saturated heterocycles. The molecule has 0 spiro atoms. The highest BCUT2D eigenvalue weighted by Gasteiger charge is 2.29. The third kappa shape index (κ3) is 5.26. The fraction of sp³-hybridized carbons (Fsp3) is 0.174.